The Hall–Kier alpha value is -1.18. The Morgan fingerprint density at radius 2 is 1.41 bits per heavy atom. The Morgan fingerprint density at radius 3 is 1.96 bits per heavy atom. The molecule has 2 N–H and O–H groups in total. The van der Waals surface area contributed by atoms with Gasteiger partial charge < -0.3 is 10.2 Å². The number of hydrogen-bond acceptors (Lipinski definition) is 2. The lowest BCUT2D eigenvalue weighted by Gasteiger charge is -2.22. The average molecular weight is 375 g/mol. The van der Waals surface area contributed by atoms with Gasteiger partial charge in [0.2, 0.25) is 0 Å². The minimum Gasteiger partial charge on any atom is -0.508 e. The second-order valence-electron chi connectivity index (χ2n) is 10.1. The van der Waals surface area contributed by atoms with Gasteiger partial charge in [0.25, 0.3) is 0 Å². The summed E-state index contributed by atoms with van der Waals surface area (Å²) in [5.41, 5.74) is 3.11. The lowest BCUT2D eigenvalue weighted by atomic mass is 9.84. The van der Waals surface area contributed by atoms with E-state index in [1.807, 2.05) is 6.07 Å². The summed E-state index contributed by atoms with van der Waals surface area (Å²) in [7, 11) is 0. The standard InChI is InChI=1S/C25H42O2/c1-5-24(2,3)14-10-7-6-8-12-20-18-21(23(27)19-22(20)26)13-9-11-15-25(4)16-17-25/h18-19,26-27H,5-17H2,1-4H3. The molecule has 2 rings (SSSR count). The van der Waals surface area contributed by atoms with Crippen molar-refractivity contribution in [3.05, 3.63) is 23.3 Å². The molecule has 0 unspecified atom stereocenters. The van der Waals surface area contributed by atoms with Gasteiger partial charge >= 0.3 is 0 Å². The van der Waals surface area contributed by atoms with Crippen LogP contribution in [0.5, 0.6) is 11.5 Å². The van der Waals surface area contributed by atoms with E-state index in [2.05, 4.69) is 27.7 Å². The van der Waals surface area contributed by atoms with E-state index in [-0.39, 0.29) is 11.5 Å². The fourth-order valence-corrected chi connectivity index (χ4v) is 3.85. The molecular weight excluding hydrogens is 332 g/mol. The maximum absolute atomic E-state index is 10.2. The molecule has 0 atom stereocenters. The van der Waals surface area contributed by atoms with Crippen LogP contribution in [0.1, 0.15) is 109 Å². The molecule has 0 aromatic heterocycles. The predicted octanol–water partition coefficient (Wildman–Crippen LogP) is 7.54. The summed E-state index contributed by atoms with van der Waals surface area (Å²) in [5, 5.41) is 20.4. The first kappa shape index (κ1) is 22.1. The van der Waals surface area contributed by atoms with E-state index in [0.717, 1.165) is 36.8 Å². The Labute approximate surface area is 167 Å². The topological polar surface area (TPSA) is 40.5 Å². The monoisotopic (exact) mass is 374 g/mol. The number of aryl methyl sites for hydroxylation is 2. The summed E-state index contributed by atoms with van der Waals surface area (Å²) in [6.45, 7) is 9.37. The molecule has 1 fully saturated rings. The SMILES string of the molecule is CCC(C)(C)CCCCCCc1cc(CCCCC2(C)CC2)c(O)cc1O. The predicted molar refractivity (Wildman–Crippen MR) is 116 cm³/mol. The zero-order valence-electron chi connectivity index (χ0n) is 18.2. The second-order valence-corrected chi connectivity index (χ2v) is 10.1. The third-order valence-electron chi connectivity index (χ3n) is 6.87. The molecule has 1 saturated carbocycles. The van der Waals surface area contributed by atoms with Crippen LogP contribution in [0.25, 0.3) is 0 Å². The van der Waals surface area contributed by atoms with Crippen LogP contribution in [0.3, 0.4) is 0 Å². The Bertz CT molecular complexity index is 584. The van der Waals surface area contributed by atoms with E-state index >= 15 is 0 Å². The van der Waals surface area contributed by atoms with Gasteiger partial charge in [0.15, 0.2) is 0 Å². The lowest BCUT2D eigenvalue weighted by Crippen LogP contribution is -2.08. The van der Waals surface area contributed by atoms with Gasteiger partial charge in [0, 0.05) is 6.07 Å². The van der Waals surface area contributed by atoms with Crippen molar-refractivity contribution in [3.8, 4) is 11.5 Å². The first-order valence-electron chi connectivity index (χ1n) is 11.3. The molecule has 1 aliphatic rings. The van der Waals surface area contributed by atoms with E-state index in [9.17, 15) is 10.2 Å². The summed E-state index contributed by atoms with van der Waals surface area (Å²) in [5.74, 6) is 0.518. The van der Waals surface area contributed by atoms with E-state index < -0.39 is 0 Å². The van der Waals surface area contributed by atoms with Gasteiger partial charge in [-0.2, -0.15) is 0 Å². The molecule has 0 heterocycles. The minimum absolute atomic E-state index is 0.258. The molecular formula is C25H42O2. The Balaban J connectivity index is 1.72. The molecule has 1 aliphatic carbocycles. The molecule has 0 spiro atoms. The van der Waals surface area contributed by atoms with Crippen molar-refractivity contribution in [1.29, 1.82) is 0 Å². The first-order chi connectivity index (χ1) is 12.7. The van der Waals surface area contributed by atoms with Crippen LogP contribution in [-0.2, 0) is 12.8 Å². The zero-order valence-corrected chi connectivity index (χ0v) is 18.2. The molecule has 0 radical (unpaired) electrons. The molecule has 27 heavy (non-hydrogen) atoms. The van der Waals surface area contributed by atoms with E-state index in [0.29, 0.717) is 10.8 Å². The van der Waals surface area contributed by atoms with Crippen molar-refractivity contribution in [2.24, 2.45) is 10.8 Å². The third-order valence-corrected chi connectivity index (χ3v) is 6.87. The lowest BCUT2D eigenvalue weighted by molar-refractivity contribution is 0.307. The van der Waals surface area contributed by atoms with Gasteiger partial charge in [-0.25, -0.2) is 0 Å². The smallest absolute Gasteiger partial charge is 0.122 e. The van der Waals surface area contributed by atoms with Crippen molar-refractivity contribution in [3.63, 3.8) is 0 Å². The van der Waals surface area contributed by atoms with Crippen molar-refractivity contribution in [2.75, 3.05) is 0 Å². The second kappa shape index (κ2) is 9.85. The van der Waals surface area contributed by atoms with Crippen LogP contribution in [0.15, 0.2) is 12.1 Å². The highest BCUT2D eigenvalue weighted by molar-refractivity contribution is 5.45. The average Bonchev–Trinajstić information content (AvgIpc) is 3.35. The fourth-order valence-electron chi connectivity index (χ4n) is 3.85. The Morgan fingerprint density at radius 1 is 0.852 bits per heavy atom. The van der Waals surface area contributed by atoms with Crippen molar-refractivity contribution in [2.45, 2.75) is 111 Å². The molecule has 0 bridgehead atoms. The largest absolute Gasteiger partial charge is 0.508 e. The highest BCUT2D eigenvalue weighted by Gasteiger charge is 2.35. The normalized spacial score (nSPS) is 15.9. The molecule has 0 amide bonds. The number of phenols is 2. The van der Waals surface area contributed by atoms with Gasteiger partial charge in [0.1, 0.15) is 11.5 Å². The number of hydrogen-bond donors (Lipinski definition) is 2. The quantitative estimate of drug-likeness (QED) is 0.350. The summed E-state index contributed by atoms with van der Waals surface area (Å²) >= 11 is 0. The van der Waals surface area contributed by atoms with Crippen LogP contribution >= 0.6 is 0 Å². The van der Waals surface area contributed by atoms with Gasteiger partial charge in [0.05, 0.1) is 0 Å². The summed E-state index contributed by atoms with van der Waals surface area (Å²) in [6, 6.07) is 3.60. The summed E-state index contributed by atoms with van der Waals surface area (Å²) < 4.78 is 0. The Kier molecular flexibility index (Phi) is 8.06. The third kappa shape index (κ3) is 7.76. The number of phenolic OH excluding ortho intramolecular Hbond substituents is 2. The van der Waals surface area contributed by atoms with Gasteiger partial charge in [-0.1, -0.05) is 59.8 Å². The molecule has 2 nitrogen and oxygen atoms in total. The molecule has 1 aromatic rings. The number of benzene rings is 1. The number of unbranched alkanes of at least 4 members (excludes halogenated alkanes) is 4. The highest BCUT2D eigenvalue weighted by atomic mass is 16.3. The van der Waals surface area contributed by atoms with Gasteiger partial charge in [-0.3, -0.25) is 0 Å². The minimum atomic E-state index is 0.258. The van der Waals surface area contributed by atoms with Crippen LogP contribution < -0.4 is 0 Å². The summed E-state index contributed by atoms with van der Waals surface area (Å²) in [6.07, 6.45) is 15.7. The first-order valence-corrected chi connectivity index (χ1v) is 11.3. The van der Waals surface area contributed by atoms with Crippen molar-refractivity contribution in [1.82, 2.24) is 0 Å². The molecule has 2 heteroatoms. The fraction of sp³-hybridized carbons (Fsp3) is 0.760. The molecule has 0 saturated heterocycles. The number of aromatic hydroxyl groups is 2. The highest BCUT2D eigenvalue weighted by Crippen LogP contribution is 2.49. The molecule has 0 aliphatic heterocycles. The van der Waals surface area contributed by atoms with Crippen LogP contribution in [0, 0.1) is 10.8 Å². The van der Waals surface area contributed by atoms with E-state index in [4.69, 9.17) is 0 Å². The van der Waals surface area contributed by atoms with Gasteiger partial charge in [-0.05, 0) is 79.4 Å². The zero-order chi connectivity index (χ0) is 19.9. The summed E-state index contributed by atoms with van der Waals surface area (Å²) in [4.78, 5) is 0. The van der Waals surface area contributed by atoms with E-state index in [1.165, 1.54) is 57.8 Å². The maximum Gasteiger partial charge on any atom is 0.122 e. The van der Waals surface area contributed by atoms with Crippen LogP contribution in [0.4, 0.5) is 0 Å². The van der Waals surface area contributed by atoms with Crippen molar-refractivity contribution < 1.29 is 10.2 Å². The van der Waals surface area contributed by atoms with E-state index in [1.54, 1.807) is 6.07 Å². The van der Waals surface area contributed by atoms with Crippen molar-refractivity contribution >= 4 is 0 Å². The maximum atomic E-state index is 10.2. The molecule has 154 valence electrons. The van der Waals surface area contributed by atoms with Crippen LogP contribution in [-0.4, -0.2) is 10.2 Å². The van der Waals surface area contributed by atoms with Crippen LogP contribution in [0.2, 0.25) is 0 Å². The number of rotatable bonds is 13. The van der Waals surface area contributed by atoms with Gasteiger partial charge in [-0.15, -0.1) is 0 Å². The molecule has 1 aromatic carbocycles.